The van der Waals surface area contributed by atoms with Crippen LogP contribution in [0.1, 0.15) is 12.8 Å². The van der Waals surface area contributed by atoms with E-state index in [1.54, 1.807) is 7.11 Å². The van der Waals surface area contributed by atoms with Crippen LogP contribution in [0.15, 0.2) is 24.3 Å². The van der Waals surface area contributed by atoms with E-state index >= 15 is 0 Å². The molecule has 2 aliphatic rings. The van der Waals surface area contributed by atoms with Gasteiger partial charge in [-0.2, -0.15) is 0 Å². The summed E-state index contributed by atoms with van der Waals surface area (Å²) in [5, 5.41) is 0. The van der Waals surface area contributed by atoms with Crippen LogP contribution in [-0.4, -0.2) is 50.3 Å². The number of ether oxygens (including phenoxy) is 1. The van der Waals surface area contributed by atoms with E-state index in [9.17, 15) is 0 Å². The van der Waals surface area contributed by atoms with E-state index in [2.05, 4.69) is 21.9 Å². The number of nitrogens with two attached hydrogens (primary N) is 1. The maximum atomic E-state index is 5.91. The predicted molar refractivity (Wildman–Crippen MR) is 77.8 cm³/mol. The van der Waals surface area contributed by atoms with E-state index in [0.29, 0.717) is 5.54 Å². The molecule has 1 aliphatic carbocycles. The van der Waals surface area contributed by atoms with Crippen LogP contribution < -0.4 is 15.4 Å². The number of methoxy groups -OCH3 is 1. The molecule has 0 radical (unpaired) electrons. The SMILES string of the molecule is COc1ccc(N2CCN(C3(CN)CC3)CC2)cc1. The predicted octanol–water partition coefficient (Wildman–Crippen LogP) is 1.31. The number of benzene rings is 1. The first kappa shape index (κ1) is 12.8. The summed E-state index contributed by atoms with van der Waals surface area (Å²) in [5.41, 5.74) is 7.55. The Kier molecular flexibility index (Phi) is 3.37. The number of piperazine rings is 1. The first-order valence-corrected chi connectivity index (χ1v) is 7.11. The summed E-state index contributed by atoms with van der Waals surface area (Å²) in [6, 6.07) is 8.35. The summed E-state index contributed by atoms with van der Waals surface area (Å²) in [7, 11) is 1.70. The van der Waals surface area contributed by atoms with Crippen molar-refractivity contribution in [2.24, 2.45) is 5.73 Å². The van der Waals surface area contributed by atoms with Crippen LogP contribution in [0, 0.1) is 0 Å². The van der Waals surface area contributed by atoms with Crippen molar-refractivity contribution in [2.75, 3.05) is 44.7 Å². The lowest BCUT2D eigenvalue weighted by Crippen LogP contribution is -2.53. The van der Waals surface area contributed by atoms with Crippen molar-refractivity contribution in [3.05, 3.63) is 24.3 Å². The van der Waals surface area contributed by atoms with Crippen molar-refractivity contribution < 1.29 is 4.74 Å². The highest BCUT2D eigenvalue weighted by atomic mass is 16.5. The smallest absolute Gasteiger partial charge is 0.119 e. The van der Waals surface area contributed by atoms with E-state index < -0.39 is 0 Å². The molecule has 104 valence electrons. The van der Waals surface area contributed by atoms with Gasteiger partial charge in [-0.15, -0.1) is 0 Å². The topological polar surface area (TPSA) is 41.7 Å². The third-order valence-electron chi connectivity index (χ3n) is 4.60. The van der Waals surface area contributed by atoms with Crippen molar-refractivity contribution in [1.82, 2.24) is 4.90 Å². The van der Waals surface area contributed by atoms with Gasteiger partial charge < -0.3 is 15.4 Å². The zero-order valence-electron chi connectivity index (χ0n) is 11.6. The van der Waals surface area contributed by atoms with Gasteiger partial charge >= 0.3 is 0 Å². The summed E-state index contributed by atoms with van der Waals surface area (Å²) in [4.78, 5) is 5.04. The van der Waals surface area contributed by atoms with Crippen molar-refractivity contribution in [3.8, 4) is 5.75 Å². The van der Waals surface area contributed by atoms with Crippen molar-refractivity contribution in [3.63, 3.8) is 0 Å². The van der Waals surface area contributed by atoms with Crippen molar-refractivity contribution in [1.29, 1.82) is 0 Å². The Morgan fingerprint density at radius 3 is 2.21 bits per heavy atom. The Morgan fingerprint density at radius 1 is 1.11 bits per heavy atom. The lowest BCUT2D eigenvalue weighted by Gasteiger charge is -2.40. The number of anilines is 1. The van der Waals surface area contributed by atoms with Gasteiger partial charge in [-0.05, 0) is 37.1 Å². The highest BCUT2D eigenvalue weighted by molar-refractivity contribution is 5.49. The molecule has 1 aromatic carbocycles. The average molecular weight is 261 g/mol. The number of rotatable bonds is 4. The summed E-state index contributed by atoms with van der Waals surface area (Å²) in [6.45, 7) is 5.25. The van der Waals surface area contributed by atoms with Gasteiger partial charge in [-0.3, -0.25) is 4.90 Å². The van der Waals surface area contributed by atoms with E-state index in [4.69, 9.17) is 10.5 Å². The highest BCUT2D eigenvalue weighted by Gasteiger charge is 2.47. The van der Waals surface area contributed by atoms with Crippen LogP contribution in [0.25, 0.3) is 0 Å². The molecule has 1 saturated heterocycles. The molecule has 2 N–H and O–H groups in total. The Bertz CT molecular complexity index is 420. The Balaban J connectivity index is 1.60. The Hall–Kier alpha value is -1.26. The molecule has 1 saturated carbocycles. The minimum absolute atomic E-state index is 0.353. The quantitative estimate of drug-likeness (QED) is 0.887. The first-order valence-electron chi connectivity index (χ1n) is 7.11. The van der Waals surface area contributed by atoms with Gasteiger partial charge in [0, 0.05) is 44.0 Å². The van der Waals surface area contributed by atoms with Gasteiger partial charge in [0.15, 0.2) is 0 Å². The fraction of sp³-hybridized carbons (Fsp3) is 0.600. The molecule has 1 aromatic rings. The van der Waals surface area contributed by atoms with Crippen LogP contribution in [0.4, 0.5) is 5.69 Å². The molecule has 19 heavy (non-hydrogen) atoms. The summed E-state index contributed by atoms with van der Waals surface area (Å²) in [5.74, 6) is 0.919. The molecule has 0 spiro atoms. The summed E-state index contributed by atoms with van der Waals surface area (Å²) < 4.78 is 5.20. The first-order chi connectivity index (χ1) is 9.27. The fourth-order valence-corrected chi connectivity index (χ4v) is 3.03. The van der Waals surface area contributed by atoms with Crippen LogP contribution in [-0.2, 0) is 0 Å². The second-order valence-corrected chi connectivity index (χ2v) is 5.60. The molecule has 1 aliphatic heterocycles. The summed E-state index contributed by atoms with van der Waals surface area (Å²) in [6.07, 6.45) is 2.57. The second kappa shape index (κ2) is 5.02. The summed E-state index contributed by atoms with van der Waals surface area (Å²) >= 11 is 0. The average Bonchev–Trinajstić information content (AvgIpc) is 3.29. The van der Waals surface area contributed by atoms with E-state index in [-0.39, 0.29) is 0 Å². The second-order valence-electron chi connectivity index (χ2n) is 5.60. The lowest BCUT2D eigenvalue weighted by atomic mass is 10.1. The maximum Gasteiger partial charge on any atom is 0.119 e. The molecule has 4 heteroatoms. The molecule has 0 unspecified atom stereocenters. The standard InChI is InChI=1S/C15H23N3O/c1-19-14-4-2-13(3-5-14)17-8-10-18(11-9-17)15(12-16)6-7-15/h2-5H,6-12,16H2,1H3. The Morgan fingerprint density at radius 2 is 1.74 bits per heavy atom. The van der Waals surface area contributed by atoms with Crippen LogP contribution in [0.3, 0.4) is 0 Å². The van der Waals surface area contributed by atoms with Crippen molar-refractivity contribution >= 4 is 5.69 Å². The minimum Gasteiger partial charge on any atom is -0.497 e. The number of nitrogens with zero attached hydrogens (tertiary/aromatic N) is 2. The molecule has 0 aromatic heterocycles. The lowest BCUT2D eigenvalue weighted by molar-refractivity contribution is 0.171. The zero-order valence-corrected chi connectivity index (χ0v) is 11.6. The van der Waals surface area contributed by atoms with E-state index in [1.165, 1.54) is 18.5 Å². The molecule has 0 bridgehead atoms. The van der Waals surface area contributed by atoms with Gasteiger partial charge in [-0.1, -0.05) is 0 Å². The molecular formula is C15H23N3O. The molecule has 2 fully saturated rings. The van der Waals surface area contributed by atoms with Crippen molar-refractivity contribution in [2.45, 2.75) is 18.4 Å². The maximum absolute atomic E-state index is 5.91. The van der Waals surface area contributed by atoms with Crippen LogP contribution in [0.5, 0.6) is 5.75 Å². The highest BCUT2D eigenvalue weighted by Crippen LogP contribution is 2.41. The number of hydrogen-bond acceptors (Lipinski definition) is 4. The normalized spacial score (nSPS) is 22.3. The van der Waals surface area contributed by atoms with Gasteiger partial charge in [0.25, 0.3) is 0 Å². The zero-order chi connectivity index (χ0) is 13.3. The van der Waals surface area contributed by atoms with E-state index in [0.717, 1.165) is 38.5 Å². The van der Waals surface area contributed by atoms with Gasteiger partial charge in [-0.25, -0.2) is 0 Å². The molecule has 1 heterocycles. The van der Waals surface area contributed by atoms with Gasteiger partial charge in [0.05, 0.1) is 7.11 Å². The van der Waals surface area contributed by atoms with Crippen LogP contribution in [0.2, 0.25) is 0 Å². The molecule has 4 nitrogen and oxygen atoms in total. The monoisotopic (exact) mass is 261 g/mol. The third kappa shape index (κ3) is 2.42. The van der Waals surface area contributed by atoms with E-state index in [1.807, 2.05) is 12.1 Å². The number of hydrogen-bond donors (Lipinski definition) is 1. The molecule has 0 atom stereocenters. The molecule has 3 rings (SSSR count). The van der Waals surface area contributed by atoms with Gasteiger partial charge in [0.1, 0.15) is 5.75 Å². The molecular weight excluding hydrogens is 238 g/mol. The largest absolute Gasteiger partial charge is 0.497 e. The van der Waals surface area contributed by atoms with Gasteiger partial charge in [0.2, 0.25) is 0 Å². The fourth-order valence-electron chi connectivity index (χ4n) is 3.03. The minimum atomic E-state index is 0.353. The molecule has 0 amide bonds. The van der Waals surface area contributed by atoms with Crippen LogP contribution >= 0.6 is 0 Å². The Labute approximate surface area is 115 Å². The third-order valence-corrected chi connectivity index (χ3v) is 4.60.